The van der Waals surface area contributed by atoms with Gasteiger partial charge in [-0.05, 0) is 46.9 Å². The molecule has 0 amide bonds. The molecule has 0 radical (unpaired) electrons. The van der Waals surface area contributed by atoms with Crippen molar-refractivity contribution in [1.82, 2.24) is 0 Å². The molecule has 3 heteroatoms. The number of hydrogen-bond acceptors (Lipinski definition) is 3. The Labute approximate surface area is 159 Å². The van der Waals surface area contributed by atoms with Crippen LogP contribution in [0.4, 0.5) is 0 Å². The van der Waals surface area contributed by atoms with E-state index in [1.54, 1.807) is 7.11 Å². The van der Waals surface area contributed by atoms with Crippen molar-refractivity contribution in [3.63, 3.8) is 0 Å². The van der Waals surface area contributed by atoms with Gasteiger partial charge in [-0.3, -0.25) is 4.79 Å². The molecule has 0 unspecified atom stereocenters. The minimum Gasteiger partial charge on any atom is -0.375 e. The van der Waals surface area contributed by atoms with Crippen molar-refractivity contribution in [2.45, 2.75) is 97.4 Å². The summed E-state index contributed by atoms with van der Waals surface area (Å²) in [6, 6.07) is 4.68. The topological polar surface area (TPSA) is 35.5 Å². The van der Waals surface area contributed by atoms with Crippen LogP contribution in [-0.2, 0) is 20.9 Å². The first-order chi connectivity index (χ1) is 12.1. The summed E-state index contributed by atoms with van der Waals surface area (Å²) in [7, 11) is 1.67. The maximum atomic E-state index is 11.9. The van der Waals surface area contributed by atoms with Crippen LogP contribution in [-0.4, -0.2) is 24.6 Å². The Kier molecular flexibility index (Phi) is 6.68. The molecule has 0 bridgehead atoms. The van der Waals surface area contributed by atoms with Gasteiger partial charge >= 0.3 is 0 Å². The van der Waals surface area contributed by atoms with Crippen molar-refractivity contribution in [2.24, 2.45) is 0 Å². The van der Waals surface area contributed by atoms with Gasteiger partial charge in [-0.15, -0.1) is 0 Å². The van der Waals surface area contributed by atoms with Gasteiger partial charge in [0, 0.05) is 20.0 Å². The number of rotatable bonds is 7. The highest BCUT2D eigenvalue weighted by Gasteiger charge is 2.44. The maximum absolute atomic E-state index is 11.9. The van der Waals surface area contributed by atoms with Crippen LogP contribution in [0.2, 0.25) is 0 Å². The Morgan fingerprint density at radius 2 is 1.58 bits per heavy atom. The number of ether oxygens (including phenoxy) is 2. The van der Waals surface area contributed by atoms with E-state index >= 15 is 0 Å². The molecule has 0 aromatic heterocycles. The summed E-state index contributed by atoms with van der Waals surface area (Å²) in [5.41, 5.74) is 4.90. The van der Waals surface area contributed by atoms with Crippen molar-refractivity contribution in [3.05, 3.63) is 34.4 Å². The van der Waals surface area contributed by atoms with E-state index in [0.29, 0.717) is 37.2 Å². The zero-order chi connectivity index (χ0) is 19.6. The van der Waals surface area contributed by atoms with E-state index in [1.165, 1.54) is 22.3 Å². The Balaban J connectivity index is 2.37. The summed E-state index contributed by atoms with van der Waals surface area (Å²) in [6.07, 6.45) is 0.710. The van der Waals surface area contributed by atoms with Gasteiger partial charge in [-0.25, -0.2) is 0 Å². The van der Waals surface area contributed by atoms with Gasteiger partial charge in [0.15, 0.2) is 0 Å². The molecule has 1 fully saturated rings. The predicted molar refractivity (Wildman–Crippen MR) is 107 cm³/mol. The van der Waals surface area contributed by atoms with Crippen LogP contribution in [0.1, 0.15) is 101 Å². The molecule has 1 aliphatic rings. The van der Waals surface area contributed by atoms with Crippen molar-refractivity contribution in [2.75, 3.05) is 7.11 Å². The summed E-state index contributed by atoms with van der Waals surface area (Å²) in [6.45, 7) is 16.0. The third-order valence-electron chi connectivity index (χ3n) is 5.79. The third-order valence-corrected chi connectivity index (χ3v) is 5.79. The van der Waals surface area contributed by atoms with Crippen molar-refractivity contribution >= 4 is 5.78 Å². The zero-order valence-electron chi connectivity index (χ0n) is 17.8. The average molecular weight is 361 g/mol. The average Bonchev–Trinajstić information content (AvgIpc) is 2.86. The largest absolute Gasteiger partial charge is 0.375 e. The lowest BCUT2D eigenvalue weighted by atomic mass is 9.84. The molecule has 1 saturated carbocycles. The van der Waals surface area contributed by atoms with Crippen LogP contribution in [0.25, 0.3) is 0 Å². The molecule has 2 atom stereocenters. The minimum atomic E-state index is -0.509. The van der Waals surface area contributed by atoms with E-state index in [-0.39, 0.29) is 11.9 Å². The van der Waals surface area contributed by atoms with E-state index in [1.807, 2.05) is 6.92 Å². The number of Topliss-reactive ketones (excluding diaryl/α,β-unsaturated/α-hetero) is 1. The fourth-order valence-corrected chi connectivity index (χ4v) is 3.89. The molecule has 0 aliphatic heterocycles. The Hall–Kier alpha value is -1.19. The smallest absolute Gasteiger partial charge is 0.138 e. The molecule has 146 valence electrons. The van der Waals surface area contributed by atoms with E-state index < -0.39 is 5.60 Å². The summed E-state index contributed by atoms with van der Waals surface area (Å²) in [5.74, 6) is 1.60. The second-order valence-electron chi connectivity index (χ2n) is 8.88. The van der Waals surface area contributed by atoms with Gasteiger partial charge in [0.1, 0.15) is 5.78 Å². The number of carbonyl (C=O) groups excluding carboxylic acids is 1. The van der Waals surface area contributed by atoms with Gasteiger partial charge in [-0.1, -0.05) is 53.7 Å². The van der Waals surface area contributed by atoms with Crippen LogP contribution >= 0.6 is 0 Å². The van der Waals surface area contributed by atoms with Crippen LogP contribution in [0.15, 0.2) is 12.1 Å². The molecule has 0 saturated heterocycles. The molecule has 1 aromatic rings. The SMILES string of the molecule is CO[C@@]1(C)CC(=O)C[C@@H]1OCc1c(C(C)C)cc(C(C)C)cc1C(C)C. The lowest BCUT2D eigenvalue weighted by molar-refractivity contribution is -0.119. The van der Waals surface area contributed by atoms with Crippen LogP contribution in [0.5, 0.6) is 0 Å². The van der Waals surface area contributed by atoms with Crippen LogP contribution in [0, 0.1) is 0 Å². The van der Waals surface area contributed by atoms with Crippen molar-refractivity contribution in [3.8, 4) is 0 Å². The summed E-state index contributed by atoms with van der Waals surface area (Å²) < 4.78 is 11.9. The minimum absolute atomic E-state index is 0.176. The van der Waals surface area contributed by atoms with Gasteiger partial charge < -0.3 is 9.47 Å². The molecule has 0 spiro atoms. The molecule has 0 heterocycles. The number of carbonyl (C=O) groups is 1. The van der Waals surface area contributed by atoms with Gasteiger partial charge in [0.25, 0.3) is 0 Å². The molecular formula is C23H36O3. The van der Waals surface area contributed by atoms with Crippen molar-refractivity contribution < 1.29 is 14.3 Å². The second kappa shape index (κ2) is 8.22. The highest BCUT2D eigenvalue weighted by molar-refractivity contribution is 5.83. The summed E-state index contributed by atoms with van der Waals surface area (Å²) >= 11 is 0. The quantitative estimate of drug-likeness (QED) is 0.625. The first kappa shape index (κ1) is 21.1. The predicted octanol–water partition coefficient (Wildman–Crippen LogP) is 5.71. The number of methoxy groups -OCH3 is 1. The van der Waals surface area contributed by atoms with E-state index in [9.17, 15) is 4.79 Å². The van der Waals surface area contributed by atoms with E-state index in [4.69, 9.17) is 9.47 Å². The number of benzene rings is 1. The Morgan fingerprint density at radius 1 is 1.04 bits per heavy atom. The highest BCUT2D eigenvalue weighted by atomic mass is 16.5. The van der Waals surface area contributed by atoms with Gasteiger partial charge in [0.05, 0.1) is 18.3 Å². The Morgan fingerprint density at radius 3 is 2.00 bits per heavy atom. The molecule has 1 aliphatic carbocycles. The Bertz CT molecular complexity index is 616. The molecular weight excluding hydrogens is 324 g/mol. The zero-order valence-corrected chi connectivity index (χ0v) is 17.8. The number of hydrogen-bond donors (Lipinski definition) is 0. The molecule has 2 rings (SSSR count). The summed E-state index contributed by atoms with van der Waals surface area (Å²) in [5, 5.41) is 0. The monoisotopic (exact) mass is 360 g/mol. The first-order valence-corrected chi connectivity index (χ1v) is 9.94. The van der Waals surface area contributed by atoms with Crippen LogP contribution < -0.4 is 0 Å². The lowest BCUT2D eigenvalue weighted by Crippen LogP contribution is -2.38. The standard InChI is InChI=1S/C23H36O3/c1-14(2)17-9-19(15(3)4)21(20(10-17)16(5)6)13-26-22-11-18(24)12-23(22,7)25-8/h9-10,14-16,22H,11-13H2,1-8H3/t22-,23-/m0/s1. The van der Waals surface area contributed by atoms with Crippen LogP contribution in [0.3, 0.4) is 0 Å². The fraction of sp³-hybridized carbons (Fsp3) is 0.696. The molecule has 26 heavy (non-hydrogen) atoms. The first-order valence-electron chi connectivity index (χ1n) is 9.94. The van der Waals surface area contributed by atoms with E-state index in [0.717, 1.165) is 0 Å². The van der Waals surface area contributed by atoms with E-state index in [2.05, 4.69) is 53.7 Å². The molecule has 0 N–H and O–H groups in total. The highest BCUT2D eigenvalue weighted by Crippen LogP contribution is 2.36. The second-order valence-corrected chi connectivity index (χ2v) is 8.88. The fourth-order valence-electron chi connectivity index (χ4n) is 3.89. The van der Waals surface area contributed by atoms with Crippen molar-refractivity contribution in [1.29, 1.82) is 0 Å². The number of ketones is 1. The third kappa shape index (κ3) is 4.37. The molecule has 3 nitrogen and oxygen atoms in total. The van der Waals surface area contributed by atoms with Gasteiger partial charge in [0.2, 0.25) is 0 Å². The van der Waals surface area contributed by atoms with Gasteiger partial charge in [-0.2, -0.15) is 0 Å². The molecule has 1 aromatic carbocycles. The maximum Gasteiger partial charge on any atom is 0.138 e. The lowest BCUT2D eigenvalue weighted by Gasteiger charge is -2.30. The normalized spacial score (nSPS) is 23.7. The summed E-state index contributed by atoms with van der Waals surface area (Å²) in [4.78, 5) is 11.9.